The van der Waals surface area contributed by atoms with Gasteiger partial charge >= 0.3 is 0 Å². The quantitative estimate of drug-likeness (QED) is 0.526. The first kappa shape index (κ1) is 11.4. The third-order valence-corrected chi connectivity index (χ3v) is 3.76. The van der Waals surface area contributed by atoms with E-state index >= 15 is 0 Å². The van der Waals surface area contributed by atoms with E-state index in [1.807, 2.05) is 0 Å². The first-order valence-corrected chi connectivity index (χ1v) is 6.23. The molecule has 3 unspecified atom stereocenters. The molecule has 78 valence electrons. The minimum absolute atomic E-state index is 0.767. The summed E-state index contributed by atoms with van der Waals surface area (Å²) in [6, 6.07) is 0.767. The maximum absolute atomic E-state index is 4.22. The van der Waals surface area contributed by atoms with Gasteiger partial charge in [0, 0.05) is 6.04 Å². The maximum atomic E-state index is 4.22. The van der Waals surface area contributed by atoms with E-state index in [4.69, 9.17) is 0 Å². The Labute approximate surface area is 88.1 Å². The smallest absolute Gasteiger partial charge is 0.00952 e. The van der Waals surface area contributed by atoms with Crippen molar-refractivity contribution in [3.63, 3.8) is 0 Å². The van der Waals surface area contributed by atoms with Crippen LogP contribution in [-0.2, 0) is 0 Å². The Morgan fingerprint density at radius 2 is 2.08 bits per heavy atom. The highest BCUT2D eigenvalue weighted by Crippen LogP contribution is 2.29. The highest BCUT2D eigenvalue weighted by atomic mass is 32.1. The van der Waals surface area contributed by atoms with Crippen LogP contribution in [0.15, 0.2) is 0 Å². The number of nitrogens with one attached hydrogen (secondary N) is 1. The van der Waals surface area contributed by atoms with Gasteiger partial charge in [-0.2, -0.15) is 12.6 Å². The largest absolute Gasteiger partial charge is 0.314 e. The van der Waals surface area contributed by atoms with Gasteiger partial charge in [0.15, 0.2) is 0 Å². The van der Waals surface area contributed by atoms with Crippen molar-refractivity contribution >= 4 is 12.6 Å². The van der Waals surface area contributed by atoms with Crippen LogP contribution in [0.2, 0.25) is 0 Å². The summed E-state index contributed by atoms with van der Waals surface area (Å²) in [6.07, 6.45) is 5.40. The molecule has 0 aromatic heterocycles. The number of hydrogen-bond donors (Lipinski definition) is 2. The Bertz CT molecular complexity index is 138. The molecule has 1 rings (SSSR count). The molecule has 0 amide bonds. The van der Waals surface area contributed by atoms with Crippen molar-refractivity contribution in [2.45, 2.75) is 45.6 Å². The highest BCUT2D eigenvalue weighted by molar-refractivity contribution is 7.80. The monoisotopic (exact) mass is 201 g/mol. The zero-order valence-electron chi connectivity index (χ0n) is 8.92. The lowest BCUT2D eigenvalue weighted by molar-refractivity contribution is 0.207. The lowest BCUT2D eigenvalue weighted by atomic mass is 9.78. The molecule has 1 saturated carbocycles. The highest BCUT2D eigenvalue weighted by Gasteiger charge is 2.25. The average Bonchev–Trinajstić information content (AvgIpc) is 2.13. The summed E-state index contributed by atoms with van der Waals surface area (Å²) in [7, 11) is 0. The number of thiol groups is 1. The van der Waals surface area contributed by atoms with Crippen LogP contribution in [0.25, 0.3) is 0 Å². The lowest BCUT2D eigenvalue weighted by Crippen LogP contribution is -2.41. The van der Waals surface area contributed by atoms with Crippen LogP contribution in [0.4, 0.5) is 0 Å². The molecule has 1 fully saturated rings. The minimum atomic E-state index is 0.767. The molecule has 3 atom stereocenters. The van der Waals surface area contributed by atoms with Crippen molar-refractivity contribution in [3.8, 4) is 0 Å². The molecule has 0 radical (unpaired) electrons. The fourth-order valence-electron chi connectivity index (χ4n) is 2.24. The van der Waals surface area contributed by atoms with E-state index in [9.17, 15) is 0 Å². The molecule has 0 aliphatic heterocycles. The van der Waals surface area contributed by atoms with Crippen molar-refractivity contribution in [1.29, 1.82) is 0 Å². The van der Waals surface area contributed by atoms with E-state index < -0.39 is 0 Å². The second-order valence-corrected chi connectivity index (χ2v) is 4.85. The van der Waals surface area contributed by atoms with E-state index in [0.717, 1.165) is 30.2 Å². The van der Waals surface area contributed by atoms with Gasteiger partial charge in [-0.1, -0.05) is 26.7 Å². The summed E-state index contributed by atoms with van der Waals surface area (Å²) in [6.45, 7) is 5.92. The molecule has 0 bridgehead atoms. The molecule has 0 aromatic carbocycles. The average molecular weight is 201 g/mol. The molecular weight excluding hydrogens is 178 g/mol. The minimum Gasteiger partial charge on any atom is -0.314 e. The van der Waals surface area contributed by atoms with Gasteiger partial charge in [0.25, 0.3) is 0 Å². The summed E-state index contributed by atoms with van der Waals surface area (Å²) >= 11 is 4.22. The predicted molar refractivity (Wildman–Crippen MR) is 62.4 cm³/mol. The van der Waals surface area contributed by atoms with Gasteiger partial charge in [0.2, 0.25) is 0 Å². The molecule has 1 N–H and O–H groups in total. The summed E-state index contributed by atoms with van der Waals surface area (Å²) in [4.78, 5) is 0. The summed E-state index contributed by atoms with van der Waals surface area (Å²) in [5, 5.41) is 3.65. The zero-order valence-corrected chi connectivity index (χ0v) is 9.82. The van der Waals surface area contributed by atoms with E-state index in [0.29, 0.717) is 0 Å². The van der Waals surface area contributed by atoms with Crippen molar-refractivity contribution in [1.82, 2.24) is 5.32 Å². The lowest BCUT2D eigenvalue weighted by Gasteiger charge is -2.34. The summed E-state index contributed by atoms with van der Waals surface area (Å²) in [5.74, 6) is 2.76. The second kappa shape index (κ2) is 5.92. The first-order valence-electron chi connectivity index (χ1n) is 5.60. The van der Waals surface area contributed by atoms with Crippen LogP contribution in [0, 0.1) is 11.8 Å². The number of hydrogen-bond acceptors (Lipinski definition) is 2. The Morgan fingerprint density at radius 1 is 1.31 bits per heavy atom. The van der Waals surface area contributed by atoms with Gasteiger partial charge in [-0.15, -0.1) is 0 Å². The molecular formula is C11H23NS. The first-order chi connectivity index (χ1) is 6.25. The van der Waals surface area contributed by atoms with Crippen molar-refractivity contribution in [3.05, 3.63) is 0 Å². The molecule has 2 heteroatoms. The topological polar surface area (TPSA) is 12.0 Å². The van der Waals surface area contributed by atoms with Crippen LogP contribution < -0.4 is 5.32 Å². The van der Waals surface area contributed by atoms with Crippen LogP contribution in [0.3, 0.4) is 0 Å². The third-order valence-electron chi connectivity index (χ3n) is 3.45. The van der Waals surface area contributed by atoms with Gasteiger partial charge < -0.3 is 5.32 Å². The summed E-state index contributed by atoms with van der Waals surface area (Å²) < 4.78 is 0. The van der Waals surface area contributed by atoms with Crippen LogP contribution in [0.1, 0.15) is 39.5 Å². The Hall–Kier alpha value is 0.310. The van der Waals surface area contributed by atoms with Crippen molar-refractivity contribution < 1.29 is 0 Å². The van der Waals surface area contributed by atoms with Crippen LogP contribution >= 0.6 is 12.6 Å². The van der Waals surface area contributed by atoms with Gasteiger partial charge in [-0.05, 0) is 37.0 Å². The molecule has 1 aliphatic rings. The molecule has 0 saturated heterocycles. The van der Waals surface area contributed by atoms with Crippen molar-refractivity contribution in [2.24, 2.45) is 11.8 Å². The molecule has 0 heterocycles. The Balaban J connectivity index is 2.23. The maximum Gasteiger partial charge on any atom is 0.00952 e. The number of rotatable bonds is 4. The molecule has 0 aromatic rings. The fraction of sp³-hybridized carbons (Fsp3) is 1.00. The third kappa shape index (κ3) is 3.51. The van der Waals surface area contributed by atoms with E-state index in [1.165, 1.54) is 25.7 Å². The molecule has 0 spiro atoms. The van der Waals surface area contributed by atoms with Gasteiger partial charge in [0.1, 0.15) is 0 Å². The second-order valence-electron chi connectivity index (χ2n) is 4.41. The Kier molecular flexibility index (Phi) is 5.18. The van der Waals surface area contributed by atoms with Crippen LogP contribution in [0.5, 0.6) is 0 Å². The Morgan fingerprint density at radius 3 is 2.77 bits per heavy atom. The molecule has 1 nitrogen and oxygen atoms in total. The van der Waals surface area contributed by atoms with E-state index in [-0.39, 0.29) is 0 Å². The van der Waals surface area contributed by atoms with E-state index in [1.54, 1.807) is 0 Å². The summed E-state index contributed by atoms with van der Waals surface area (Å²) in [5.41, 5.74) is 0. The zero-order chi connectivity index (χ0) is 9.68. The fourth-order valence-corrected chi connectivity index (χ4v) is 2.39. The van der Waals surface area contributed by atoms with Gasteiger partial charge in [0.05, 0.1) is 0 Å². The van der Waals surface area contributed by atoms with Gasteiger partial charge in [-0.25, -0.2) is 0 Å². The van der Waals surface area contributed by atoms with Crippen LogP contribution in [-0.4, -0.2) is 18.3 Å². The standard InChI is InChI=1S/C11H23NS/c1-9-5-3-6-11(10(9)2)12-7-4-8-13/h9-13H,3-8H2,1-2H3. The molecule has 13 heavy (non-hydrogen) atoms. The predicted octanol–water partition coefficient (Wildman–Crippen LogP) is 2.72. The van der Waals surface area contributed by atoms with Gasteiger partial charge in [-0.3, -0.25) is 0 Å². The molecule has 1 aliphatic carbocycles. The SMILES string of the molecule is CC1CCCC(NCCCS)C1C. The van der Waals surface area contributed by atoms with Crippen molar-refractivity contribution in [2.75, 3.05) is 12.3 Å². The van der Waals surface area contributed by atoms with E-state index in [2.05, 4.69) is 31.8 Å². The normalized spacial score (nSPS) is 34.8.